The van der Waals surface area contributed by atoms with E-state index < -0.39 is 12.1 Å². The second kappa shape index (κ2) is 6.66. The molecule has 0 radical (unpaired) electrons. The van der Waals surface area contributed by atoms with Crippen molar-refractivity contribution >= 4 is 0 Å². The lowest BCUT2D eigenvalue weighted by molar-refractivity contribution is -0.152. The number of benzene rings is 2. The fourth-order valence-electron chi connectivity index (χ4n) is 2.23. The maximum Gasteiger partial charge on any atom is 0.395 e. The summed E-state index contributed by atoms with van der Waals surface area (Å²) in [7, 11) is 0. The molecule has 0 saturated carbocycles. The molecule has 0 aromatic heterocycles. The van der Waals surface area contributed by atoms with Crippen LogP contribution in [0.3, 0.4) is 0 Å². The molecule has 0 aliphatic rings. The lowest BCUT2D eigenvalue weighted by Gasteiger charge is -2.20. The Morgan fingerprint density at radius 2 is 1.62 bits per heavy atom. The van der Waals surface area contributed by atoms with Gasteiger partial charge >= 0.3 is 6.18 Å². The van der Waals surface area contributed by atoms with Crippen molar-refractivity contribution in [2.75, 3.05) is 0 Å². The molecule has 0 aliphatic carbocycles. The van der Waals surface area contributed by atoms with Gasteiger partial charge in [-0.15, -0.1) is 0 Å². The molecule has 1 unspecified atom stereocenters. The zero-order valence-electron chi connectivity index (χ0n) is 11.7. The maximum atomic E-state index is 13.1. The van der Waals surface area contributed by atoms with Gasteiger partial charge in [0.1, 0.15) is 11.5 Å². The lowest BCUT2D eigenvalue weighted by Crippen LogP contribution is -2.20. The highest BCUT2D eigenvalue weighted by molar-refractivity contribution is 5.35. The van der Waals surface area contributed by atoms with Crippen LogP contribution in [0.1, 0.15) is 31.2 Å². The Kier molecular flexibility index (Phi) is 4.89. The highest BCUT2D eigenvalue weighted by atomic mass is 19.4. The maximum absolute atomic E-state index is 13.1. The van der Waals surface area contributed by atoms with E-state index >= 15 is 0 Å². The summed E-state index contributed by atoms with van der Waals surface area (Å²) in [6.07, 6.45) is -3.67. The van der Waals surface area contributed by atoms with E-state index in [1.807, 2.05) is 18.2 Å². The molecule has 1 atom stereocenters. The highest BCUT2D eigenvalue weighted by Crippen LogP contribution is 2.39. The van der Waals surface area contributed by atoms with Crippen molar-refractivity contribution in [2.24, 2.45) is 0 Å². The van der Waals surface area contributed by atoms with Gasteiger partial charge in [0.25, 0.3) is 0 Å². The van der Waals surface area contributed by atoms with Crippen LogP contribution in [0.2, 0.25) is 0 Å². The number of rotatable bonds is 5. The van der Waals surface area contributed by atoms with Crippen LogP contribution in [0.4, 0.5) is 13.2 Å². The van der Waals surface area contributed by atoms with Gasteiger partial charge in [-0.3, -0.25) is 0 Å². The van der Waals surface area contributed by atoms with Crippen LogP contribution in [0.25, 0.3) is 0 Å². The summed E-state index contributed by atoms with van der Waals surface area (Å²) < 4.78 is 44.9. The van der Waals surface area contributed by atoms with E-state index in [1.165, 1.54) is 12.1 Å². The average Bonchev–Trinajstić information content (AvgIpc) is 2.45. The van der Waals surface area contributed by atoms with Gasteiger partial charge in [0.2, 0.25) is 0 Å². The minimum atomic E-state index is -4.23. The monoisotopic (exact) mass is 294 g/mol. The van der Waals surface area contributed by atoms with Gasteiger partial charge in [0, 0.05) is 0 Å². The quantitative estimate of drug-likeness (QED) is 0.664. The second-order valence-electron chi connectivity index (χ2n) is 4.87. The third-order valence-electron chi connectivity index (χ3n) is 3.21. The molecule has 21 heavy (non-hydrogen) atoms. The van der Waals surface area contributed by atoms with E-state index in [9.17, 15) is 13.2 Å². The first-order valence-corrected chi connectivity index (χ1v) is 6.90. The van der Waals surface area contributed by atoms with Crippen LogP contribution in [0.15, 0.2) is 54.6 Å². The van der Waals surface area contributed by atoms with Crippen LogP contribution in [0, 0.1) is 0 Å². The third-order valence-corrected chi connectivity index (χ3v) is 3.21. The summed E-state index contributed by atoms with van der Waals surface area (Å²) >= 11 is 0. The van der Waals surface area contributed by atoms with E-state index in [2.05, 4.69) is 0 Å². The molecule has 0 aliphatic heterocycles. The Morgan fingerprint density at radius 3 is 2.24 bits per heavy atom. The first kappa shape index (κ1) is 15.4. The van der Waals surface area contributed by atoms with Crippen molar-refractivity contribution in [1.29, 1.82) is 0 Å². The predicted molar refractivity (Wildman–Crippen MR) is 76.7 cm³/mol. The van der Waals surface area contributed by atoms with E-state index in [0.717, 1.165) is 0 Å². The van der Waals surface area contributed by atoms with Crippen LogP contribution in [-0.2, 0) is 0 Å². The number of hydrogen-bond donors (Lipinski definition) is 0. The van der Waals surface area contributed by atoms with Crippen LogP contribution in [-0.4, -0.2) is 6.18 Å². The summed E-state index contributed by atoms with van der Waals surface area (Å²) in [6.45, 7) is 1.75. The van der Waals surface area contributed by atoms with Crippen LogP contribution >= 0.6 is 0 Å². The molecule has 0 fully saturated rings. The topological polar surface area (TPSA) is 9.23 Å². The molecule has 0 bridgehead atoms. The number of hydrogen-bond acceptors (Lipinski definition) is 1. The van der Waals surface area contributed by atoms with E-state index in [4.69, 9.17) is 4.74 Å². The number of alkyl halides is 3. The SMILES string of the molecule is CCCC(c1cccc(Oc2ccccc2)c1)C(F)(F)F. The van der Waals surface area contributed by atoms with Gasteiger partial charge in [-0.1, -0.05) is 43.7 Å². The van der Waals surface area contributed by atoms with Crippen molar-refractivity contribution in [3.05, 3.63) is 60.2 Å². The molecule has 1 nitrogen and oxygen atoms in total. The van der Waals surface area contributed by atoms with Gasteiger partial charge in [0.05, 0.1) is 5.92 Å². The normalized spacial score (nSPS) is 13.0. The largest absolute Gasteiger partial charge is 0.457 e. The summed E-state index contributed by atoms with van der Waals surface area (Å²) in [4.78, 5) is 0. The zero-order valence-corrected chi connectivity index (χ0v) is 11.7. The molecule has 0 saturated heterocycles. The van der Waals surface area contributed by atoms with E-state index in [1.54, 1.807) is 31.2 Å². The summed E-state index contributed by atoms with van der Waals surface area (Å²) in [5.41, 5.74) is 0.248. The second-order valence-corrected chi connectivity index (χ2v) is 4.87. The molecular formula is C17H17F3O. The molecule has 2 rings (SSSR count). The number of para-hydroxylation sites is 1. The van der Waals surface area contributed by atoms with Gasteiger partial charge in [-0.2, -0.15) is 13.2 Å². The minimum absolute atomic E-state index is 0.0816. The third kappa shape index (κ3) is 4.25. The van der Waals surface area contributed by atoms with E-state index in [-0.39, 0.29) is 12.0 Å². The molecule has 2 aromatic rings. The Balaban J connectivity index is 2.24. The Morgan fingerprint density at radius 1 is 0.952 bits per heavy atom. The molecule has 112 valence electrons. The van der Waals surface area contributed by atoms with Gasteiger partial charge in [-0.25, -0.2) is 0 Å². The van der Waals surface area contributed by atoms with Crippen LogP contribution < -0.4 is 4.74 Å². The Bertz CT molecular complexity index is 564. The fourth-order valence-corrected chi connectivity index (χ4v) is 2.23. The highest BCUT2D eigenvalue weighted by Gasteiger charge is 2.39. The van der Waals surface area contributed by atoms with Gasteiger partial charge in [0.15, 0.2) is 0 Å². The van der Waals surface area contributed by atoms with Crippen molar-refractivity contribution in [3.63, 3.8) is 0 Å². The van der Waals surface area contributed by atoms with Crippen molar-refractivity contribution in [2.45, 2.75) is 31.9 Å². The predicted octanol–water partition coefficient (Wildman–Crippen LogP) is 5.92. The van der Waals surface area contributed by atoms with Crippen molar-refractivity contribution in [1.82, 2.24) is 0 Å². The number of halogens is 3. The fraction of sp³-hybridized carbons (Fsp3) is 0.294. The Hall–Kier alpha value is -1.97. The first-order valence-electron chi connectivity index (χ1n) is 6.90. The van der Waals surface area contributed by atoms with Gasteiger partial charge in [-0.05, 0) is 36.2 Å². The Labute approximate surface area is 122 Å². The number of ether oxygens (including phenoxy) is 1. The first-order chi connectivity index (χ1) is 10.0. The zero-order chi connectivity index (χ0) is 15.3. The summed E-state index contributed by atoms with van der Waals surface area (Å²) in [5, 5.41) is 0. The molecule has 2 aromatic carbocycles. The van der Waals surface area contributed by atoms with Crippen molar-refractivity contribution in [3.8, 4) is 11.5 Å². The van der Waals surface area contributed by atoms with Crippen LogP contribution in [0.5, 0.6) is 11.5 Å². The molecular weight excluding hydrogens is 277 g/mol. The van der Waals surface area contributed by atoms with Crippen molar-refractivity contribution < 1.29 is 17.9 Å². The van der Waals surface area contributed by atoms with Gasteiger partial charge < -0.3 is 4.74 Å². The molecule has 4 heteroatoms. The standard InChI is InChI=1S/C17H17F3O/c1-2-7-16(17(18,19)20)13-8-6-11-15(12-13)21-14-9-4-3-5-10-14/h3-6,8-12,16H,2,7H2,1H3. The lowest BCUT2D eigenvalue weighted by atomic mass is 9.94. The molecule has 0 N–H and O–H groups in total. The average molecular weight is 294 g/mol. The minimum Gasteiger partial charge on any atom is -0.457 e. The van der Waals surface area contributed by atoms with E-state index in [0.29, 0.717) is 17.9 Å². The summed E-state index contributed by atoms with van der Waals surface area (Å²) in [5.74, 6) is -0.417. The summed E-state index contributed by atoms with van der Waals surface area (Å²) in [6, 6.07) is 15.2. The smallest absolute Gasteiger partial charge is 0.395 e. The molecule has 0 heterocycles. The molecule has 0 spiro atoms. The molecule has 0 amide bonds.